The van der Waals surface area contributed by atoms with Crippen LogP contribution in [0.3, 0.4) is 0 Å². The topological polar surface area (TPSA) is 74.0 Å². The van der Waals surface area contributed by atoms with Crippen molar-refractivity contribution in [1.29, 1.82) is 0 Å². The zero-order valence-electron chi connectivity index (χ0n) is 12.3. The van der Waals surface area contributed by atoms with E-state index in [4.69, 9.17) is 20.0 Å². The predicted octanol–water partition coefficient (Wildman–Crippen LogP) is 0.817. The molecule has 0 saturated carbocycles. The summed E-state index contributed by atoms with van der Waals surface area (Å²) in [5, 5.41) is 0. The lowest BCUT2D eigenvalue weighted by Gasteiger charge is -2.22. The number of esters is 1. The Labute approximate surface area is 115 Å². The fraction of sp³-hybridized carbons (Fsp3) is 0.917. The van der Waals surface area contributed by atoms with Gasteiger partial charge in [-0.15, -0.1) is 0 Å². The van der Waals surface area contributed by atoms with Crippen LogP contribution in [0.25, 0.3) is 0 Å². The highest BCUT2D eigenvalue weighted by molar-refractivity contribution is 6.49. The highest BCUT2D eigenvalue weighted by Gasteiger charge is 2.30. The van der Waals surface area contributed by atoms with Crippen molar-refractivity contribution in [2.75, 3.05) is 20.3 Å². The van der Waals surface area contributed by atoms with E-state index in [-0.39, 0.29) is 25.5 Å². The molecular weight excluding hydrogens is 247 g/mol. The molecule has 1 atom stereocenters. The third-order valence-corrected chi connectivity index (χ3v) is 2.91. The SMILES string of the molecule is CO[C@@H](CCB1OCCN1N)CC(=O)OC(C)(C)C. The van der Waals surface area contributed by atoms with Crippen LogP contribution in [0.15, 0.2) is 0 Å². The smallest absolute Gasteiger partial charge is 0.396 e. The quantitative estimate of drug-likeness (QED) is 0.438. The number of nitrogens with two attached hydrogens (primary N) is 1. The summed E-state index contributed by atoms with van der Waals surface area (Å²) in [4.78, 5) is 13.4. The van der Waals surface area contributed by atoms with Crippen LogP contribution in [-0.4, -0.2) is 49.9 Å². The summed E-state index contributed by atoms with van der Waals surface area (Å²) >= 11 is 0. The summed E-state index contributed by atoms with van der Waals surface area (Å²) in [6.07, 6.45) is 1.56. The first-order valence-corrected chi connectivity index (χ1v) is 6.69. The number of carbonyl (C=O) groups is 1. The van der Waals surface area contributed by atoms with Crippen LogP contribution in [0.2, 0.25) is 6.32 Å². The number of hydrogen-bond donors (Lipinski definition) is 1. The second kappa shape index (κ2) is 7.24. The zero-order valence-corrected chi connectivity index (χ0v) is 12.3. The third kappa shape index (κ3) is 6.38. The summed E-state index contributed by atoms with van der Waals surface area (Å²) in [6.45, 7) is 6.96. The predicted molar refractivity (Wildman–Crippen MR) is 73.3 cm³/mol. The molecule has 0 aliphatic carbocycles. The van der Waals surface area contributed by atoms with Crippen molar-refractivity contribution in [2.45, 2.75) is 51.6 Å². The van der Waals surface area contributed by atoms with Gasteiger partial charge in [0.15, 0.2) is 0 Å². The Morgan fingerprint density at radius 2 is 2.21 bits per heavy atom. The fourth-order valence-electron chi connectivity index (χ4n) is 1.98. The van der Waals surface area contributed by atoms with Crippen LogP contribution in [0, 0.1) is 0 Å². The van der Waals surface area contributed by atoms with E-state index in [1.54, 1.807) is 12.0 Å². The summed E-state index contributed by atoms with van der Waals surface area (Å²) < 4.78 is 16.1. The number of nitrogens with zero attached hydrogens (tertiary/aromatic N) is 1. The lowest BCUT2D eigenvalue weighted by Crippen LogP contribution is -2.41. The first kappa shape index (κ1) is 16.4. The van der Waals surface area contributed by atoms with Gasteiger partial charge in [0, 0.05) is 20.3 Å². The van der Waals surface area contributed by atoms with Gasteiger partial charge in [-0.1, -0.05) is 0 Å². The number of methoxy groups -OCH3 is 1. The first-order chi connectivity index (χ1) is 8.81. The van der Waals surface area contributed by atoms with Crippen molar-refractivity contribution in [3.8, 4) is 0 Å². The Morgan fingerprint density at radius 3 is 2.68 bits per heavy atom. The summed E-state index contributed by atoms with van der Waals surface area (Å²) in [5.74, 6) is 5.53. The van der Waals surface area contributed by atoms with E-state index in [2.05, 4.69) is 0 Å². The minimum atomic E-state index is -0.460. The van der Waals surface area contributed by atoms with Crippen LogP contribution in [0.1, 0.15) is 33.6 Å². The third-order valence-electron chi connectivity index (χ3n) is 2.91. The molecule has 0 unspecified atom stereocenters. The Balaban J connectivity index is 2.31. The molecule has 0 radical (unpaired) electrons. The minimum Gasteiger partial charge on any atom is -0.460 e. The molecule has 0 spiro atoms. The second-order valence-electron chi connectivity index (χ2n) is 5.79. The Morgan fingerprint density at radius 1 is 1.53 bits per heavy atom. The van der Waals surface area contributed by atoms with E-state index >= 15 is 0 Å². The molecule has 6 nitrogen and oxygen atoms in total. The molecule has 0 aromatic carbocycles. The largest absolute Gasteiger partial charge is 0.460 e. The van der Waals surface area contributed by atoms with E-state index < -0.39 is 5.60 Å². The molecular formula is C12H25BN2O4. The average Bonchev–Trinajstić information content (AvgIpc) is 2.67. The maximum Gasteiger partial charge on any atom is 0.396 e. The molecule has 1 fully saturated rings. The van der Waals surface area contributed by atoms with Gasteiger partial charge in [-0.05, 0) is 33.5 Å². The summed E-state index contributed by atoms with van der Waals surface area (Å²) in [6, 6.07) is 0. The number of rotatable bonds is 6. The lowest BCUT2D eigenvalue weighted by atomic mass is 9.76. The molecule has 19 heavy (non-hydrogen) atoms. The van der Waals surface area contributed by atoms with Gasteiger partial charge in [0.05, 0.1) is 12.5 Å². The van der Waals surface area contributed by atoms with Crippen LogP contribution < -0.4 is 5.84 Å². The van der Waals surface area contributed by atoms with Gasteiger partial charge in [0.25, 0.3) is 0 Å². The van der Waals surface area contributed by atoms with Gasteiger partial charge >= 0.3 is 13.0 Å². The average molecular weight is 272 g/mol. The van der Waals surface area contributed by atoms with Gasteiger partial charge in [0.1, 0.15) is 5.60 Å². The van der Waals surface area contributed by atoms with E-state index in [9.17, 15) is 4.79 Å². The van der Waals surface area contributed by atoms with Crippen molar-refractivity contribution in [3.05, 3.63) is 0 Å². The molecule has 1 aliphatic rings. The highest BCUT2D eigenvalue weighted by Crippen LogP contribution is 2.16. The monoisotopic (exact) mass is 272 g/mol. The molecule has 0 aromatic rings. The van der Waals surface area contributed by atoms with Crippen LogP contribution in [-0.2, 0) is 18.9 Å². The number of hydrogen-bond acceptors (Lipinski definition) is 6. The number of carbonyl (C=O) groups excluding carboxylic acids is 1. The lowest BCUT2D eigenvalue weighted by molar-refractivity contribution is -0.157. The molecule has 0 aromatic heterocycles. The Hall–Kier alpha value is -0.625. The first-order valence-electron chi connectivity index (χ1n) is 6.69. The van der Waals surface area contributed by atoms with Gasteiger partial charge < -0.3 is 14.1 Å². The van der Waals surface area contributed by atoms with Gasteiger partial charge in [-0.25, -0.2) is 0 Å². The van der Waals surface area contributed by atoms with Crippen LogP contribution >= 0.6 is 0 Å². The van der Waals surface area contributed by atoms with Crippen molar-refractivity contribution in [3.63, 3.8) is 0 Å². The Kier molecular flexibility index (Phi) is 6.26. The van der Waals surface area contributed by atoms with Crippen molar-refractivity contribution < 1.29 is 18.9 Å². The molecule has 110 valence electrons. The van der Waals surface area contributed by atoms with Crippen molar-refractivity contribution in [1.82, 2.24) is 4.92 Å². The van der Waals surface area contributed by atoms with Gasteiger partial charge in [0.2, 0.25) is 0 Å². The van der Waals surface area contributed by atoms with Gasteiger partial charge in [-0.2, -0.15) is 0 Å². The minimum absolute atomic E-state index is 0.0729. The van der Waals surface area contributed by atoms with E-state index in [1.165, 1.54) is 0 Å². The maximum absolute atomic E-state index is 11.7. The molecule has 1 aliphatic heterocycles. The van der Waals surface area contributed by atoms with Gasteiger partial charge in [-0.3, -0.25) is 15.6 Å². The fourth-order valence-corrected chi connectivity index (χ4v) is 1.98. The molecule has 0 amide bonds. The summed E-state index contributed by atoms with van der Waals surface area (Å²) in [7, 11) is 1.53. The highest BCUT2D eigenvalue weighted by atomic mass is 16.6. The number of hydrazine groups is 1. The normalized spacial score (nSPS) is 18.7. The van der Waals surface area contributed by atoms with E-state index in [0.717, 1.165) is 12.9 Å². The van der Waals surface area contributed by atoms with Crippen molar-refractivity contribution >= 4 is 13.0 Å². The maximum atomic E-state index is 11.7. The summed E-state index contributed by atoms with van der Waals surface area (Å²) in [5.41, 5.74) is -0.460. The number of ether oxygens (including phenoxy) is 2. The molecule has 1 rings (SSSR count). The molecule has 1 heterocycles. The zero-order chi connectivity index (χ0) is 14.5. The molecule has 1 saturated heterocycles. The van der Waals surface area contributed by atoms with E-state index in [0.29, 0.717) is 13.0 Å². The van der Waals surface area contributed by atoms with Crippen LogP contribution in [0.5, 0.6) is 0 Å². The second-order valence-corrected chi connectivity index (χ2v) is 5.79. The Bertz CT molecular complexity index is 296. The van der Waals surface area contributed by atoms with Crippen LogP contribution in [0.4, 0.5) is 0 Å². The molecule has 7 heteroatoms. The molecule has 0 bridgehead atoms. The van der Waals surface area contributed by atoms with E-state index in [1.807, 2.05) is 20.8 Å². The molecule has 2 N–H and O–H groups in total. The standard InChI is InChI=1S/C12H25BN2O4/c1-12(2,3)19-11(16)9-10(17-4)5-6-13-15(14)7-8-18-13/h10H,5-9,14H2,1-4H3/t10-/m0/s1. The van der Waals surface area contributed by atoms with Crippen molar-refractivity contribution in [2.24, 2.45) is 5.84 Å².